The van der Waals surface area contributed by atoms with E-state index in [-0.39, 0.29) is 5.91 Å². The minimum atomic E-state index is -0.768. The van der Waals surface area contributed by atoms with Crippen LogP contribution < -0.4 is 9.47 Å². The van der Waals surface area contributed by atoms with Crippen LogP contribution in [0.3, 0.4) is 0 Å². The van der Waals surface area contributed by atoms with Gasteiger partial charge in [-0.1, -0.05) is 97.1 Å². The smallest absolute Gasteiger partial charge is 0.245 e. The lowest BCUT2D eigenvalue weighted by Gasteiger charge is -2.26. The van der Waals surface area contributed by atoms with Crippen LogP contribution in [0.2, 0.25) is 0 Å². The number of hydrogen-bond acceptors (Lipinski definition) is 3. The van der Waals surface area contributed by atoms with E-state index < -0.39 is 5.38 Å². The van der Waals surface area contributed by atoms with Gasteiger partial charge < -0.3 is 14.4 Å². The fourth-order valence-electron chi connectivity index (χ4n) is 3.83. The minimum absolute atomic E-state index is 0.148. The van der Waals surface area contributed by atoms with Gasteiger partial charge in [-0.25, -0.2) is 0 Å². The van der Waals surface area contributed by atoms with Crippen LogP contribution in [-0.2, 0) is 24.5 Å². The summed E-state index contributed by atoms with van der Waals surface area (Å²) in [5.41, 5.74) is 3.81. The molecule has 0 bridgehead atoms. The Morgan fingerprint density at radius 2 is 1.31 bits per heavy atom. The highest BCUT2D eigenvalue weighted by molar-refractivity contribution is 6.30. The molecule has 0 spiro atoms. The molecule has 1 atom stereocenters. The highest BCUT2D eigenvalue weighted by atomic mass is 35.5. The van der Waals surface area contributed by atoms with Crippen molar-refractivity contribution in [1.82, 2.24) is 4.90 Å². The maximum atomic E-state index is 13.5. The molecule has 5 heteroatoms. The van der Waals surface area contributed by atoms with E-state index in [1.54, 1.807) is 12.0 Å². The molecule has 0 saturated heterocycles. The van der Waals surface area contributed by atoms with Crippen LogP contribution in [0.5, 0.6) is 11.5 Å². The van der Waals surface area contributed by atoms with Crippen LogP contribution in [0.4, 0.5) is 0 Å². The van der Waals surface area contributed by atoms with Crippen molar-refractivity contribution in [3.63, 3.8) is 0 Å². The highest BCUT2D eigenvalue weighted by Gasteiger charge is 2.24. The van der Waals surface area contributed by atoms with Crippen LogP contribution in [0.25, 0.3) is 0 Å². The van der Waals surface area contributed by atoms with E-state index in [2.05, 4.69) is 0 Å². The second-order valence-corrected chi connectivity index (χ2v) is 8.65. The van der Waals surface area contributed by atoms with E-state index >= 15 is 0 Å². The van der Waals surface area contributed by atoms with Crippen LogP contribution in [-0.4, -0.2) is 17.9 Å². The SMILES string of the molecule is COc1cc(CN(Cc2ccccc2)C(=O)C(Cl)c2ccccc2)ccc1OCc1ccccc1. The third-order valence-corrected chi connectivity index (χ3v) is 6.11. The minimum Gasteiger partial charge on any atom is -0.493 e. The van der Waals surface area contributed by atoms with E-state index in [1.165, 1.54) is 0 Å². The number of rotatable bonds is 10. The Labute approximate surface area is 211 Å². The summed E-state index contributed by atoms with van der Waals surface area (Å²) in [5.74, 6) is 1.13. The highest BCUT2D eigenvalue weighted by Crippen LogP contribution is 2.31. The third kappa shape index (κ3) is 6.65. The number of ether oxygens (including phenoxy) is 2. The molecule has 0 N–H and O–H groups in total. The molecule has 0 heterocycles. The number of carbonyl (C=O) groups excluding carboxylic acids is 1. The van der Waals surface area contributed by atoms with Gasteiger partial charge in [0.1, 0.15) is 12.0 Å². The first-order valence-corrected chi connectivity index (χ1v) is 11.9. The molecule has 178 valence electrons. The van der Waals surface area contributed by atoms with Crippen molar-refractivity contribution in [2.24, 2.45) is 0 Å². The number of halogens is 1. The van der Waals surface area contributed by atoms with Gasteiger partial charge in [0.15, 0.2) is 11.5 Å². The van der Waals surface area contributed by atoms with Crippen molar-refractivity contribution in [2.75, 3.05) is 7.11 Å². The predicted molar refractivity (Wildman–Crippen MR) is 139 cm³/mol. The zero-order valence-electron chi connectivity index (χ0n) is 19.6. The van der Waals surface area contributed by atoms with Gasteiger partial charge in [-0.05, 0) is 34.4 Å². The molecular formula is C30H28ClNO3. The Balaban J connectivity index is 1.54. The quantitative estimate of drug-likeness (QED) is 0.232. The summed E-state index contributed by atoms with van der Waals surface area (Å²) < 4.78 is 11.6. The zero-order valence-corrected chi connectivity index (χ0v) is 20.4. The number of benzene rings is 4. The first kappa shape index (κ1) is 24.4. The molecule has 0 radical (unpaired) electrons. The molecule has 35 heavy (non-hydrogen) atoms. The molecule has 1 amide bonds. The Bertz CT molecular complexity index is 1220. The maximum Gasteiger partial charge on any atom is 0.245 e. The summed E-state index contributed by atoms with van der Waals surface area (Å²) in [6, 6.07) is 35.1. The second kappa shape index (κ2) is 12.1. The van der Waals surface area contributed by atoms with Crippen molar-refractivity contribution < 1.29 is 14.3 Å². The largest absolute Gasteiger partial charge is 0.493 e. The number of hydrogen-bond donors (Lipinski definition) is 0. The summed E-state index contributed by atoms with van der Waals surface area (Å²) in [5, 5.41) is -0.768. The number of alkyl halides is 1. The molecule has 0 aliphatic rings. The summed E-state index contributed by atoms with van der Waals surface area (Å²) in [4.78, 5) is 15.2. The van der Waals surface area contributed by atoms with Gasteiger partial charge in [0, 0.05) is 13.1 Å². The normalized spacial score (nSPS) is 11.5. The summed E-state index contributed by atoms with van der Waals surface area (Å²) in [6.07, 6.45) is 0. The molecule has 4 rings (SSSR count). The molecular weight excluding hydrogens is 458 g/mol. The average molecular weight is 486 g/mol. The van der Waals surface area contributed by atoms with E-state index in [4.69, 9.17) is 21.1 Å². The van der Waals surface area contributed by atoms with Gasteiger partial charge in [-0.2, -0.15) is 0 Å². The molecule has 0 aliphatic carbocycles. The van der Waals surface area contributed by atoms with Gasteiger partial charge >= 0.3 is 0 Å². The Kier molecular flexibility index (Phi) is 8.42. The molecule has 1 unspecified atom stereocenters. The molecule has 4 aromatic rings. The number of carbonyl (C=O) groups is 1. The molecule has 0 aliphatic heterocycles. The molecule has 4 aromatic carbocycles. The van der Waals surface area contributed by atoms with Crippen molar-refractivity contribution in [3.05, 3.63) is 131 Å². The summed E-state index contributed by atoms with van der Waals surface area (Å²) in [6.45, 7) is 1.28. The molecule has 0 fully saturated rings. The predicted octanol–water partition coefficient (Wildman–Crippen LogP) is 6.78. The standard InChI is InChI=1S/C30H28ClNO3/c1-34-28-19-25(17-18-27(28)35-22-24-13-7-3-8-14-24)21-32(20-23-11-5-2-6-12-23)30(33)29(31)26-15-9-4-10-16-26/h2-19,29H,20-22H2,1H3. The molecule has 0 aromatic heterocycles. The van der Waals surface area contributed by atoms with Gasteiger partial charge in [-0.15, -0.1) is 11.6 Å². The zero-order chi connectivity index (χ0) is 24.5. The van der Waals surface area contributed by atoms with Gasteiger partial charge in [0.25, 0.3) is 0 Å². The fourth-order valence-corrected chi connectivity index (χ4v) is 4.11. The molecule has 4 nitrogen and oxygen atoms in total. The van der Waals surface area contributed by atoms with E-state index in [0.717, 1.165) is 22.3 Å². The number of nitrogens with zero attached hydrogens (tertiary/aromatic N) is 1. The fraction of sp³-hybridized carbons (Fsp3) is 0.167. The van der Waals surface area contributed by atoms with Gasteiger partial charge in [0.05, 0.1) is 7.11 Å². The monoisotopic (exact) mass is 485 g/mol. The summed E-state index contributed by atoms with van der Waals surface area (Å²) >= 11 is 6.63. The van der Waals surface area contributed by atoms with Gasteiger partial charge in [-0.3, -0.25) is 4.79 Å². The van der Waals surface area contributed by atoms with Crippen LogP contribution in [0.15, 0.2) is 109 Å². The van der Waals surface area contributed by atoms with Gasteiger partial charge in [0.2, 0.25) is 5.91 Å². The van der Waals surface area contributed by atoms with Crippen molar-refractivity contribution in [1.29, 1.82) is 0 Å². The lowest BCUT2D eigenvalue weighted by Crippen LogP contribution is -2.32. The first-order chi connectivity index (χ1) is 17.1. The molecule has 0 saturated carbocycles. The lowest BCUT2D eigenvalue weighted by atomic mass is 10.1. The first-order valence-electron chi connectivity index (χ1n) is 11.5. The lowest BCUT2D eigenvalue weighted by molar-refractivity contribution is -0.132. The van der Waals surface area contributed by atoms with Crippen molar-refractivity contribution in [3.8, 4) is 11.5 Å². The number of methoxy groups -OCH3 is 1. The maximum absolute atomic E-state index is 13.5. The van der Waals surface area contributed by atoms with E-state index in [1.807, 2.05) is 109 Å². The Hall–Kier alpha value is -3.76. The second-order valence-electron chi connectivity index (χ2n) is 8.21. The van der Waals surface area contributed by atoms with Crippen molar-refractivity contribution in [2.45, 2.75) is 25.1 Å². The Morgan fingerprint density at radius 3 is 1.94 bits per heavy atom. The topological polar surface area (TPSA) is 38.8 Å². The van der Waals surface area contributed by atoms with Crippen molar-refractivity contribution >= 4 is 17.5 Å². The van der Waals surface area contributed by atoms with E-state index in [0.29, 0.717) is 31.2 Å². The average Bonchev–Trinajstić information content (AvgIpc) is 2.92. The van der Waals surface area contributed by atoms with Crippen LogP contribution in [0, 0.1) is 0 Å². The number of amides is 1. The van der Waals surface area contributed by atoms with Crippen LogP contribution in [0.1, 0.15) is 27.6 Å². The van der Waals surface area contributed by atoms with Crippen LogP contribution >= 0.6 is 11.6 Å². The Morgan fingerprint density at radius 1 is 0.743 bits per heavy atom. The summed E-state index contributed by atoms with van der Waals surface area (Å²) in [7, 11) is 1.62. The van der Waals surface area contributed by atoms with E-state index in [9.17, 15) is 4.79 Å². The third-order valence-electron chi connectivity index (χ3n) is 5.68.